The molecular weight excluding hydrogens is 182 g/mol. The van der Waals surface area contributed by atoms with Gasteiger partial charge in [-0.3, -0.25) is 0 Å². The van der Waals surface area contributed by atoms with Crippen LogP contribution < -0.4 is 4.90 Å². The molecule has 76 valence electrons. The van der Waals surface area contributed by atoms with Crippen LogP contribution in [-0.4, -0.2) is 0 Å². The Morgan fingerprint density at radius 3 is 1.93 bits per heavy atom. The molecule has 1 aromatic carbocycles. The van der Waals surface area contributed by atoms with Crippen molar-refractivity contribution in [2.24, 2.45) is 0 Å². The van der Waals surface area contributed by atoms with Crippen LogP contribution in [0.15, 0.2) is 48.8 Å². The van der Waals surface area contributed by atoms with Crippen LogP contribution in [0.3, 0.4) is 0 Å². The van der Waals surface area contributed by atoms with E-state index in [4.69, 9.17) is 6.42 Å². The highest BCUT2D eigenvalue weighted by Gasteiger charge is 2.06. The van der Waals surface area contributed by atoms with Crippen molar-refractivity contribution in [3.63, 3.8) is 0 Å². The first-order chi connectivity index (χ1) is 7.06. The smallest absolute Gasteiger partial charge is 0.0455 e. The van der Waals surface area contributed by atoms with Crippen LogP contribution >= 0.6 is 0 Å². The van der Waals surface area contributed by atoms with E-state index >= 15 is 0 Å². The number of hydrogen-bond acceptors (Lipinski definition) is 1. The molecule has 0 aliphatic heterocycles. The molecule has 0 saturated heterocycles. The molecule has 0 atom stereocenters. The van der Waals surface area contributed by atoms with Crippen molar-refractivity contribution in [2.75, 3.05) is 4.90 Å². The van der Waals surface area contributed by atoms with Gasteiger partial charge in [-0.2, -0.15) is 0 Å². The van der Waals surface area contributed by atoms with Crippen LogP contribution in [-0.2, 0) is 0 Å². The van der Waals surface area contributed by atoms with Gasteiger partial charge in [-0.25, -0.2) is 0 Å². The highest BCUT2D eigenvalue weighted by molar-refractivity contribution is 5.58. The zero-order valence-corrected chi connectivity index (χ0v) is 9.25. The van der Waals surface area contributed by atoms with Gasteiger partial charge in [0.2, 0.25) is 0 Å². The monoisotopic (exact) mass is 197 g/mol. The Morgan fingerprint density at radius 2 is 1.60 bits per heavy atom. The minimum Gasteiger partial charge on any atom is -0.320 e. The number of terminal acetylenes is 1. The van der Waals surface area contributed by atoms with Crippen molar-refractivity contribution >= 4 is 5.69 Å². The lowest BCUT2D eigenvalue weighted by Crippen LogP contribution is -2.16. The lowest BCUT2D eigenvalue weighted by Gasteiger charge is -2.24. The molecule has 15 heavy (non-hydrogen) atoms. The van der Waals surface area contributed by atoms with E-state index in [0.29, 0.717) is 0 Å². The van der Waals surface area contributed by atoms with E-state index in [1.165, 1.54) is 0 Å². The second-order valence-corrected chi connectivity index (χ2v) is 3.50. The van der Waals surface area contributed by atoms with Crippen molar-refractivity contribution in [1.29, 1.82) is 0 Å². The molecule has 0 N–H and O–H groups in total. The molecule has 0 spiro atoms. The summed E-state index contributed by atoms with van der Waals surface area (Å²) in [5, 5.41) is 0. The fraction of sp³-hybridized carbons (Fsp3) is 0.143. The van der Waals surface area contributed by atoms with Crippen LogP contribution in [0.25, 0.3) is 0 Å². The SMILES string of the molecule is C#Cc1ccc(N(C(=C)C)C(=C)C)cc1. The molecule has 1 rings (SSSR count). The zero-order chi connectivity index (χ0) is 11.4. The molecule has 0 unspecified atom stereocenters. The first kappa shape index (κ1) is 11.1. The van der Waals surface area contributed by atoms with Crippen molar-refractivity contribution in [3.05, 3.63) is 54.4 Å². The van der Waals surface area contributed by atoms with Gasteiger partial charge >= 0.3 is 0 Å². The van der Waals surface area contributed by atoms with Crippen LogP contribution in [0, 0.1) is 12.3 Å². The number of hydrogen-bond donors (Lipinski definition) is 0. The largest absolute Gasteiger partial charge is 0.320 e. The molecule has 1 heteroatoms. The van der Waals surface area contributed by atoms with E-state index < -0.39 is 0 Å². The maximum atomic E-state index is 5.30. The Labute approximate surface area is 91.7 Å². The van der Waals surface area contributed by atoms with Crippen LogP contribution in [0.4, 0.5) is 5.69 Å². The quantitative estimate of drug-likeness (QED) is 0.670. The predicted molar refractivity (Wildman–Crippen MR) is 66.5 cm³/mol. The molecule has 0 aromatic heterocycles. The second kappa shape index (κ2) is 4.52. The van der Waals surface area contributed by atoms with Gasteiger partial charge in [0, 0.05) is 22.6 Å². The molecular formula is C14H15N. The summed E-state index contributed by atoms with van der Waals surface area (Å²) < 4.78 is 0. The highest BCUT2D eigenvalue weighted by atomic mass is 15.1. The van der Waals surface area contributed by atoms with Crippen LogP contribution in [0.2, 0.25) is 0 Å². The van der Waals surface area contributed by atoms with Gasteiger partial charge in [-0.1, -0.05) is 19.1 Å². The third-order valence-corrected chi connectivity index (χ3v) is 2.06. The zero-order valence-electron chi connectivity index (χ0n) is 9.25. The highest BCUT2D eigenvalue weighted by Crippen LogP contribution is 2.22. The Hall–Kier alpha value is -1.94. The summed E-state index contributed by atoms with van der Waals surface area (Å²) in [5.41, 5.74) is 3.79. The number of nitrogens with zero attached hydrogens (tertiary/aromatic N) is 1. The van der Waals surface area contributed by atoms with Crippen molar-refractivity contribution in [1.82, 2.24) is 0 Å². The average molecular weight is 197 g/mol. The maximum absolute atomic E-state index is 5.30. The summed E-state index contributed by atoms with van der Waals surface area (Å²) in [7, 11) is 0. The number of rotatable bonds is 3. The predicted octanol–water partition coefficient (Wildman–Crippen LogP) is 3.54. The lowest BCUT2D eigenvalue weighted by atomic mass is 10.2. The Bertz CT molecular complexity index is 404. The molecule has 0 heterocycles. The number of anilines is 1. The summed E-state index contributed by atoms with van der Waals surface area (Å²) in [6, 6.07) is 7.76. The summed E-state index contributed by atoms with van der Waals surface area (Å²) in [6.07, 6.45) is 5.30. The van der Waals surface area contributed by atoms with Gasteiger partial charge in [-0.05, 0) is 38.1 Å². The van der Waals surface area contributed by atoms with E-state index in [9.17, 15) is 0 Å². The summed E-state index contributed by atoms with van der Waals surface area (Å²) in [6.45, 7) is 11.7. The Balaban J connectivity index is 3.09. The Morgan fingerprint density at radius 1 is 1.13 bits per heavy atom. The molecule has 1 aromatic rings. The molecule has 0 aliphatic rings. The molecule has 0 aliphatic carbocycles. The first-order valence-electron chi connectivity index (χ1n) is 4.74. The van der Waals surface area contributed by atoms with E-state index in [1.54, 1.807) is 0 Å². The van der Waals surface area contributed by atoms with Gasteiger partial charge in [0.05, 0.1) is 0 Å². The molecule has 0 amide bonds. The topological polar surface area (TPSA) is 3.24 Å². The van der Waals surface area contributed by atoms with E-state index in [2.05, 4.69) is 19.1 Å². The fourth-order valence-electron chi connectivity index (χ4n) is 1.47. The first-order valence-corrected chi connectivity index (χ1v) is 4.74. The molecule has 0 radical (unpaired) electrons. The van der Waals surface area contributed by atoms with Gasteiger partial charge in [-0.15, -0.1) is 6.42 Å². The van der Waals surface area contributed by atoms with E-state index in [1.807, 2.05) is 43.0 Å². The number of allylic oxidation sites excluding steroid dienone is 2. The van der Waals surface area contributed by atoms with Crippen LogP contribution in [0.1, 0.15) is 19.4 Å². The molecule has 0 saturated carbocycles. The average Bonchev–Trinajstić information content (AvgIpc) is 2.18. The Kier molecular flexibility index (Phi) is 3.36. The minimum absolute atomic E-state index is 0.877. The molecule has 0 bridgehead atoms. The third kappa shape index (κ3) is 2.51. The summed E-state index contributed by atoms with van der Waals surface area (Å²) in [5.74, 6) is 2.59. The van der Waals surface area contributed by atoms with Gasteiger partial charge in [0.15, 0.2) is 0 Å². The molecule has 1 nitrogen and oxygen atoms in total. The minimum atomic E-state index is 0.877. The van der Waals surface area contributed by atoms with Crippen molar-refractivity contribution in [3.8, 4) is 12.3 Å². The number of benzene rings is 1. The standard InChI is InChI=1S/C14H15N/c1-6-13-7-9-14(10-8-13)15(11(2)3)12(4)5/h1,7-10H,2,4H2,3,5H3. The van der Waals surface area contributed by atoms with Gasteiger partial charge in [0.1, 0.15) is 0 Å². The van der Waals surface area contributed by atoms with Gasteiger partial charge in [0.25, 0.3) is 0 Å². The summed E-state index contributed by atoms with van der Waals surface area (Å²) >= 11 is 0. The van der Waals surface area contributed by atoms with Crippen molar-refractivity contribution in [2.45, 2.75) is 13.8 Å². The van der Waals surface area contributed by atoms with E-state index in [-0.39, 0.29) is 0 Å². The van der Waals surface area contributed by atoms with E-state index in [0.717, 1.165) is 22.6 Å². The normalized spacial score (nSPS) is 9.13. The fourth-order valence-corrected chi connectivity index (χ4v) is 1.47. The third-order valence-electron chi connectivity index (χ3n) is 2.06. The maximum Gasteiger partial charge on any atom is 0.0455 e. The summed E-state index contributed by atoms with van der Waals surface area (Å²) in [4.78, 5) is 1.99. The van der Waals surface area contributed by atoms with Crippen molar-refractivity contribution < 1.29 is 0 Å². The molecule has 0 fully saturated rings. The second-order valence-electron chi connectivity index (χ2n) is 3.50. The van der Waals surface area contributed by atoms with Crippen LogP contribution in [0.5, 0.6) is 0 Å². The van der Waals surface area contributed by atoms with Gasteiger partial charge < -0.3 is 4.90 Å². The lowest BCUT2D eigenvalue weighted by molar-refractivity contribution is 1.08.